The standard InChI is InChI=1S/C32H33Cl2N3O4/c33-27-10-13-30(31(34)19-27)32(23-37-16-14-35-24-37)40-22-29(41-32)21-39-28-11-8-26(9-12-28)20-36(17-18-38)15-4-7-25-5-2-1-3-6-25/h1-14,16,19,24,29,38H,15,17-18,20-23H2/b7-4+/t29-,32-/m0/s1. The normalized spacial score (nSPS) is 18.9. The number of benzene rings is 3. The average molecular weight is 595 g/mol. The van der Waals surface area contributed by atoms with E-state index in [1.807, 2.05) is 59.3 Å². The highest BCUT2D eigenvalue weighted by Crippen LogP contribution is 2.40. The maximum absolute atomic E-state index is 9.53. The fourth-order valence-electron chi connectivity index (χ4n) is 4.79. The van der Waals surface area contributed by atoms with Crippen LogP contribution < -0.4 is 4.74 Å². The third kappa shape index (κ3) is 7.98. The van der Waals surface area contributed by atoms with Crippen LogP contribution in [-0.4, -0.2) is 58.6 Å². The second kappa shape index (κ2) is 14.1. The fraction of sp³-hybridized carbons (Fsp3) is 0.281. The molecule has 9 heteroatoms. The van der Waals surface area contributed by atoms with Crippen LogP contribution in [-0.2, 0) is 28.4 Å². The molecule has 0 radical (unpaired) electrons. The first kappa shape index (κ1) is 29.3. The second-order valence-electron chi connectivity index (χ2n) is 9.89. The summed E-state index contributed by atoms with van der Waals surface area (Å²) < 4.78 is 20.7. The van der Waals surface area contributed by atoms with Gasteiger partial charge in [0.15, 0.2) is 0 Å². The molecule has 1 aliphatic heterocycles. The Bertz CT molecular complexity index is 1400. The number of aromatic nitrogens is 2. The predicted octanol–water partition coefficient (Wildman–Crippen LogP) is 6.05. The molecule has 2 atom stereocenters. The van der Waals surface area contributed by atoms with E-state index in [-0.39, 0.29) is 12.7 Å². The molecule has 2 heterocycles. The Balaban J connectivity index is 1.17. The number of hydrogen-bond acceptors (Lipinski definition) is 6. The first-order valence-electron chi connectivity index (χ1n) is 13.5. The van der Waals surface area contributed by atoms with Crippen LogP contribution in [0.2, 0.25) is 10.0 Å². The number of ether oxygens (including phenoxy) is 3. The molecular formula is C32H33Cl2N3O4. The summed E-state index contributed by atoms with van der Waals surface area (Å²) in [5, 5.41) is 10.5. The molecule has 0 unspecified atom stereocenters. The minimum atomic E-state index is -1.09. The predicted molar refractivity (Wildman–Crippen MR) is 161 cm³/mol. The summed E-state index contributed by atoms with van der Waals surface area (Å²) in [7, 11) is 0. The molecule has 1 aliphatic rings. The van der Waals surface area contributed by atoms with Crippen molar-refractivity contribution in [1.29, 1.82) is 0 Å². The fourth-order valence-corrected chi connectivity index (χ4v) is 5.34. The van der Waals surface area contributed by atoms with Gasteiger partial charge in [-0.15, -0.1) is 0 Å². The summed E-state index contributed by atoms with van der Waals surface area (Å²) in [5.41, 5.74) is 3.00. The first-order valence-corrected chi connectivity index (χ1v) is 14.3. The van der Waals surface area contributed by atoms with E-state index in [2.05, 4.69) is 34.2 Å². The highest BCUT2D eigenvalue weighted by atomic mass is 35.5. The Morgan fingerprint density at radius 3 is 2.66 bits per heavy atom. The summed E-state index contributed by atoms with van der Waals surface area (Å²) in [4.78, 5) is 6.33. The lowest BCUT2D eigenvalue weighted by Gasteiger charge is -2.30. The van der Waals surface area contributed by atoms with Gasteiger partial charge in [-0.05, 0) is 35.4 Å². The number of nitrogens with zero attached hydrogens (tertiary/aromatic N) is 3. The number of aliphatic hydroxyl groups is 1. The van der Waals surface area contributed by atoms with Crippen LogP contribution in [0.5, 0.6) is 5.75 Å². The van der Waals surface area contributed by atoms with E-state index < -0.39 is 5.79 Å². The van der Waals surface area contributed by atoms with E-state index in [4.69, 9.17) is 37.4 Å². The lowest BCUT2D eigenvalue weighted by Crippen LogP contribution is -2.34. The third-order valence-electron chi connectivity index (χ3n) is 6.81. The van der Waals surface area contributed by atoms with Crippen molar-refractivity contribution in [2.24, 2.45) is 0 Å². The number of halogens is 2. The van der Waals surface area contributed by atoms with E-state index in [1.165, 1.54) is 0 Å². The molecule has 1 aromatic heterocycles. The molecular weight excluding hydrogens is 561 g/mol. The number of aliphatic hydroxyl groups excluding tert-OH is 1. The summed E-state index contributed by atoms with van der Waals surface area (Å²) in [6.45, 7) is 3.20. The molecule has 41 heavy (non-hydrogen) atoms. The molecule has 214 valence electrons. The van der Waals surface area contributed by atoms with Crippen molar-refractivity contribution >= 4 is 29.3 Å². The van der Waals surface area contributed by atoms with Crippen LogP contribution in [0, 0.1) is 0 Å². The highest BCUT2D eigenvalue weighted by Gasteiger charge is 2.45. The van der Waals surface area contributed by atoms with Crippen molar-refractivity contribution in [3.63, 3.8) is 0 Å². The largest absolute Gasteiger partial charge is 0.491 e. The second-order valence-corrected chi connectivity index (χ2v) is 10.7. The van der Waals surface area contributed by atoms with Gasteiger partial charge >= 0.3 is 0 Å². The Kier molecular flexibility index (Phi) is 10.1. The maximum atomic E-state index is 9.53. The van der Waals surface area contributed by atoms with Crippen LogP contribution in [0.25, 0.3) is 6.08 Å². The SMILES string of the molecule is OCCN(C/C=C/c1ccccc1)Cc1ccc(OC[C@H]2CO[C@](Cn3ccnc3)(c3ccc(Cl)cc3Cl)O2)cc1. The van der Waals surface area contributed by atoms with Crippen molar-refractivity contribution in [2.45, 2.75) is 25.0 Å². The molecule has 0 bridgehead atoms. The Labute approximate surface area is 250 Å². The van der Waals surface area contributed by atoms with E-state index in [0.29, 0.717) is 41.9 Å². The van der Waals surface area contributed by atoms with Crippen molar-refractivity contribution in [3.8, 4) is 5.75 Å². The van der Waals surface area contributed by atoms with E-state index in [0.717, 1.165) is 30.0 Å². The molecule has 1 saturated heterocycles. The van der Waals surface area contributed by atoms with E-state index in [1.54, 1.807) is 24.7 Å². The molecule has 1 N–H and O–H groups in total. The zero-order chi connectivity index (χ0) is 28.5. The molecule has 7 nitrogen and oxygen atoms in total. The van der Waals surface area contributed by atoms with Gasteiger partial charge in [-0.2, -0.15) is 0 Å². The summed E-state index contributed by atoms with van der Waals surface area (Å²) >= 11 is 12.7. The Morgan fingerprint density at radius 2 is 1.93 bits per heavy atom. The quantitative estimate of drug-likeness (QED) is 0.204. The van der Waals surface area contributed by atoms with E-state index in [9.17, 15) is 5.11 Å². The molecule has 0 aliphatic carbocycles. The maximum Gasteiger partial charge on any atom is 0.215 e. The first-order chi connectivity index (χ1) is 20.0. The topological polar surface area (TPSA) is 69.0 Å². The van der Waals surface area contributed by atoms with Gasteiger partial charge in [0.25, 0.3) is 0 Å². The van der Waals surface area contributed by atoms with Crippen molar-refractivity contribution in [3.05, 3.63) is 124 Å². The summed E-state index contributed by atoms with van der Waals surface area (Å²) in [5.74, 6) is -0.350. The van der Waals surface area contributed by atoms with Gasteiger partial charge in [0, 0.05) is 42.6 Å². The van der Waals surface area contributed by atoms with Crippen LogP contribution in [0.1, 0.15) is 16.7 Å². The smallest absolute Gasteiger partial charge is 0.215 e. The highest BCUT2D eigenvalue weighted by molar-refractivity contribution is 6.35. The average Bonchev–Trinajstić information content (AvgIpc) is 3.64. The van der Waals surface area contributed by atoms with Crippen molar-refractivity contribution < 1.29 is 19.3 Å². The molecule has 5 rings (SSSR count). The molecule has 0 amide bonds. The zero-order valence-electron chi connectivity index (χ0n) is 22.6. The van der Waals surface area contributed by atoms with Gasteiger partial charge in [0.1, 0.15) is 18.5 Å². The van der Waals surface area contributed by atoms with Gasteiger partial charge in [-0.3, -0.25) is 4.90 Å². The summed E-state index contributed by atoms with van der Waals surface area (Å²) in [6, 6.07) is 23.5. The van der Waals surface area contributed by atoms with Crippen LogP contribution in [0.3, 0.4) is 0 Å². The Morgan fingerprint density at radius 1 is 1.10 bits per heavy atom. The van der Waals surface area contributed by atoms with Gasteiger partial charge < -0.3 is 23.9 Å². The van der Waals surface area contributed by atoms with Crippen LogP contribution in [0.4, 0.5) is 0 Å². The van der Waals surface area contributed by atoms with Crippen molar-refractivity contribution in [2.75, 3.05) is 32.9 Å². The monoisotopic (exact) mass is 593 g/mol. The van der Waals surface area contributed by atoms with Crippen molar-refractivity contribution in [1.82, 2.24) is 14.5 Å². The number of hydrogen-bond donors (Lipinski definition) is 1. The minimum Gasteiger partial charge on any atom is -0.491 e. The van der Waals surface area contributed by atoms with Gasteiger partial charge in [0.2, 0.25) is 5.79 Å². The third-order valence-corrected chi connectivity index (χ3v) is 7.35. The van der Waals surface area contributed by atoms with Crippen LogP contribution >= 0.6 is 23.2 Å². The molecule has 0 spiro atoms. The van der Waals surface area contributed by atoms with Gasteiger partial charge in [-0.1, -0.05) is 83.9 Å². The number of imidazole rings is 1. The van der Waals surface area contributed by atoms with Crippen LogP contribution in [0.15, 0.2) is 97.6 Å². The molecule has 4 aromatic rings. The van der Waals surface area contributed by atoms with Gasteiger partial charge in [0.05, 0.1) is 31.1 Å². The lowest BCUT2D eigenvalue weighted by molar-refractivity contribution is -0.189. The minimum absolute atomic E-state index is 0.105. The number of rotatable bonds is 13. The zero-order valence-corrected chi connectivity index (χ0v) is 24.1. The lowest BCUT2D eigenvalue weighted by atomic mass is 10.1. The summed E-state index contributed by atoms with van der Waals surface area (Å²) in [6.07, 6.45) is 9.19. The molecule has 1 fully saturated rings. The Hall–Kier alpha value is -3.17. The molecule has 3 aromatic carbocycles. The molecule has 0 saturated carbocycles. The van der Waals surface area contributed by atoms with E-state index >= 15 is 0 Å². The van der Waals surface area contributed by atoms with Gasteiger partial charge in [-0.25, -0.2) is 4.98 Å².